The highest BCUT2D eigenvalue weighted by molar-refractivity contribution is 7.99. The number of fused-ring (bicyclic) bond motifs is 1. The molecule has 2 heterocycles. The first-order valence-electron chi connectivity index (χ1n) is 9.30. The molecule has 4 rings (SSSR count). The third-order valence-corrected chi connectivity index (χ3v) is 6.60. The molecule has 2 fully saturated rings. The second kappa shape index (κ2) is 7.78. The monoisotopic (exact) mass is 376 g/mol. The summed E-state index contributed by atoms with van der Waals surface area (Å²) in [6, 6.07) is 5.45. The molecule has 0 aromatic heterocycles. The molecule has 1 aromatic carbocycles. The standard InChI is InChI=1S/C19H24N2O4S/c22-18-9-13(19(23)20-7-8-26-15-3-1-2-4-15)11-21(18)14-5-6-16-17(10-14)25-12-24-16/h5-6,10,13,15H,1-4,7-9,11-12H2,(H,20,23)/t13-/m1/s1. The van der Waals surface area contributed by atoms with E-state index in [1.54, 1.807) is 17.0 Å². The van der Waals surface area contributed by atoms with Crippen LogP contribution in [0.2, 0.25) is 0 Å². The van der Waals surface area contributed by atoms with Gasteiger partial charge in [0.2, 0.25) is 18.6 Å². The zero-order valence-corrected chi connectivity index (χ0v) is 15.6. The minimum Gasteiger partial charge on any atom is -0.454 e. The quantitative estimate of drug-likeness (QED) is 0.773. The average molecular weight is 376 g/mol. The number of thioether (sulfide) groups is 1. The summed E-state index contributed by atoms with van der Waals surface area (Å²) in [6.45, 7) is 1.30. The van der Waals surface area contributed by atoms with Crippen molar-refractivity contribution in [1.29, 1.82) is 0 Å². The molecule has 1 aliphatic carbocycles. The van der Waals surface area contributed by atoms with Crippen LogP contribution in [0, 0.1) is 5.92 Å². The Morgan fingerprint density at radius 3 is 2.88 bits per heavy atom. The van der Waals surface area contributed by atoms with Crippen LogP contribution in [0.5, 0.6) is 11.5 Å². The maximum Gasteiger partial charge on any atom is 0.231 e. The third kappa shape index (κ3) is 3.77. The minimum atomic E-state index is -0.288. The van der Waals surface area contributed by atoms with Crippen molar-refractivity contribution in [2.24, 2.45) is 5.92 Å². The number of hydrogen-bond acceptors (Lipinski definition) is 5. The van der Waals surface area contributed by atoms with Crippen molar-refractivity contribution in [1.82, 2.24) is 5.32 Å². The van der Waals surface area contributed by atoms with E-state index in [-0.39, 0.29) is 30.9 Å². The van der Waals surface area contributed by atoms with Crippen LogP contribution < -0.4 is 19.7 Å². The van der Waals surface area contributed by atoms with Crippen LogP contribution in [0.4, 0.5) is 5.69 Å². The lowest BCUT2D eigenvalue weighted by Gasteiger charge is -2.17. The fraction of sp³-hybridized carbons (Fsp3) is 0.579. The molecule has 1 saturated heterocycles. The van der Waals surface area contributed by atoms with E-state index in [0.717, 1.165) is 16.7 Å². The van der Waals surface area contributed by atoms with Gasteiger partial charge in [0, 0.05) is 42.3 Å². The van der Waals surface area contributed by atoms with E-state index in [1.807, 2.05) is 17.8 Å². The Hall–Kier alpha value is -1.89. The largest absolute Gasteiger partial charge is 0.454 e. The first kappa shape index (κ1) is 17.5. The average Bonchev–Trinajstić information content (AvgIpc) is 3.38. The molecule has 1 saturated carbocycles. The Labute approximate surface area is 157 Å². The van der Waals surface area contributed by atoms with Gasteiger partial charge in [0.05, 0.1) is 5.92 Å². The number of nitrogens with one attached hydrogen (secondary N) is 1. The Morgan fingerprint density at radius 1 is 1.23 bits per heavy atom. The number of hydrogen-bond donors (Lipinski definition) is 1. The molecule has 6 nitrogen and oxygen atoms in total. The summed E-state index contributed by atoms with van der Waals surface area (Å²) in [6.07, 6.45) is 5.55. The van der Waals surface area contributed by atoms with Crippen molar-refractivity contribution >= 4 is 29.3 Å². The third-order valence-electron chi connectivity index (χ3n) is 5.22. The van der Waals surface area contributed by atoms with Gasteiger partial charge in [0.15, 0.2) is 11.5 Å². The first-order chi connectivity index (χ1) is 12.7. The van der Waals surface area contributed by atoms with Crippen LogP contribution in [0.15, 0.2) is 18.2 Å². The molecule has 0 spiro atoms. The lowest BCUT2D eigenvalue weighted by Crippen LogP contribution is -2.34. The van der Waals surface area contributed by atoms with Gasteiger partial charge < -0.3 is 19.7 Å². The van der Waals surface area contributed by atoms with Crippen LogP contribution in [0.3, 0.4) is 0 Å². The van der Waals surface area contributed by atoms with Gasteiger partial charge in [-0.15, -0.1) is 0 Å². The number of anilines is 1. The van der Waals surface area contributed by atoms with E-state index in [2.05, 4.69) is 5.32 Å². The molecular formula is C19H24N2O4S. The van der Waals surface area contributed by atoms with Gasteiger partial charge in [0.1, 0.15) is 0 Å². The lowest BCUT2D eigenvalue weighted by molar-refractivity contribution is -0.126. The summed E-state index contributed by atoms with van der Waals surface area (Å²) in [5, 5.41) is 3.76. The Kier molecular flexibility index (Phi) is 5.24. The Morgan fingerprint density at radius 2 is 2.04 bits per heavy atom. The molecule has 2 amide bonds. The number of carbonyl (C=O) groups excluding carboxylic acids is 2. The van der Waals surface area contributed by atoms with Crippen LogP contribution in [-0.4, -0.2) is 42.7 Å². The van der Waals surface area contributed by atoms with Gasteiger partial charge in [0.25, 0.3) is 0 Å². The molecule has 1 atom stereocenters. The minimum absolute atomic E-state index is 0.0198. The van der Waals surface area contributed by atoms with Crippen molar-refractivity contribution in [2.75, 3.05) is 30.5 Å². The number of benzene rings is 1. The molecule has 140 valence electrons. The normalized spacial score (nSPS) is 22.2. The summed E-state index contributed by atoms with van der Waals surface area (Å²) in [5.74, 6) is 1.95. The van der Waals surface area contributed by atoms with E-state index < -0.39 is 0 Å². The van der Waals surface area contributed by atoms with Gasteiger partial charge in [-0.25, -0.2) is 0 Å². The van der Waals surface area contributed by atoms with E-state index in [9.17, 15) is 9.59 Å². The molecule has 26 heavy (non-hydrogen) atoms. The lowest BCUT2D eigenvalue weighted by atomic mass is 10.1. The van der Waals surface area contributed by atoms with Gasteiger partial charge in [-0.05, 0) is 25.0 Å². The SMILES string of the molecule is O=C(NCCSC1CCCC1)[C@@H]1CC(=O)N(c2ccc3c(c2)OCO3)C1. The molecule has 2 aliphatic heterocycles. The molecule has 0 radical (unpaired) electrons. The highest BCUT2D eigenvalue weighted by Crippen LogP contribution is 2.37. The first-order valence-corrected chi connectivity index (χ1v) is 10.3. The second-order valence-electron chi connectivity index (χ2n) is 7.01. The molecule has 0 bridgehead atoms. The number of nitrogens with zero attached hydrogens (tertiary/aromatic N) is 1. The summed E-state index contributed by atoms with van der Waals surface area (Å²) >= 11 is 1.96. The number of carbonyl (C=O) groups is 2. The number of rotatable bonds is 6. The summed E-state index contributed by atoms with van der Waals surface area (Å²) in [4.78, 5) is 26.4. The molecule has 1 N–H and O–H groups in total. The molecule has 3 aliphatic rings. The van der Waals surface area contributed by atoms with Gasteiger partial charge in [-0.2, -0.15) is 11.8 Å². The van der Waals surface area contributed by atoms with Crippen LogP contribution >= 0.6 is 11.8 Å². The summed E-state index contributed by atoms with van der Waals surface area (Å²) in [7, 11) is 0. The van der Waals surface area contributed by atoms with Crippen molar-refractivity contribution in [3.05, 3.63) is 18.2 Å². The fourth-order valence-electron chi connectivity index (χ4n) is 3.79. The number of ether oxygens (including phenoxy) is 2. The summed E-state index contributed by atoms with van der Waals surface area (Å²) in [5.41, 5.74) is 0.756. The maximum atomic E-state index is 12.4. The van der Waals surface area contributed by atoms with E-state index in [4.69, 9.17) is 9.47 Å². The second-order valence-corrected chi connectivity index (χ2v) is 8.42. The van der Waals surface area contributed by atoms with Crippen molar-refractivity contribution in [3.8, 4) is 11.5 Å². The highest BCUT2D eigenvalue weighted by atomic mass is 32.2. The maximum absolute atomic E-state index is 12.4. The molecule has 7 heteroatoms. The number of amides is 2. The summed E-state index contributed by atoms with van der Waals surface area (Å²) < 4.78 is 10.7. The Balaban J connectivity index is 1.27. The van der Waals surface area contributed by atoms with Crippen molar-refractivity contribution in [2.45, 2.75) is 37.4 Å². The van der Waals surface area contributed by atoms with Gasteiger partial charge in [-0.3, -0.25) is 9.59 Å². The smallest absolute Gasteiger partial charge is 0.231 e. The molecular weight excluding hydrogens is 352 g/mol. The zero-order valence-electron chi connectivity index (χ0n) is 14.7. The predicted molar refractivity (Wildman–Crippen MR) is 101 cm³/mol. The van der Waals surface area contributed by atoms with Crippen LogP contribution in [-0.2, 0) is 9.59 Å². The van der Waals surface area contributed by atoms with Crippen molar-refractivity contribution in [3.63, 3.8) is 0 Å². The fourth-order valence-corrected chi connectivity index (χ4v) is 5.00. The van der Waals surface area contributed by atoms with Gasteiger partial charge in [-0.1, -0.05) is 12.8 Å². The van der Waals surface area contributed by atoms with Gasteiger partial charge >= 0.3 is 0 Å². The zero-order chi connectivity index (χ0) is 17.9. The van der Waals surface area contributed by atoms with Crippen LogP contribution in [0.25, 0.3) is 0 Å². The van der Waals surface area contributed by atoms with E-state index >= 15 is 0 Å². The van der Waals surface area contributed by atoms with E-state index in [0.29, 0.717) is 24.6 Å². The van der Waals surface area contributed by atoms with E-state index in [1.165, 1.54) is 25.7 Å². The topological polar surface area (TPSA) is 67.9 Å². The van der Waals surface area contributed by atoms with Crippen LogP contribution in [0.1, 0.15) is 32.1 Å². The predicted octanol–water partition coefficient (Wildman–Crippen LogP) is 2.56. The molecule has 0 unspecified atom stereocenters. The molecule has 1 aromatic rings. The van der Waals surface area contributed by atoms with Crippen molar-refractivity contribution < 1.29 is 19.1 Å². The Bertz CT molecular complexity index is 690. The highest BCUT2D eigenvalue weighted by Gasteiger charge is 2.35.